The van der Waals surface area contributed by atoms with Gasteiger partial charge in [-0.25, -0.2) is 8.78 Å². The molecule has 32 heavy (non-hydrogen) atoms. The number of aliphatic imine (C=N–C) groups is 2. The average Bonchev–Trinajstić information content (AvgIpc) is 2.70. The van der Waals surface area contributed by atoms with Crippen LogP contribution in [0.5, 0.6) is 0 Å². The summed E-state index contributed by atoms with van der Waals surface area (Å²) in [7, 11) is 1.32. The standard InChI is InChI=1S/C21H23F5N4O2/c1-10-8-30(19(31)18(28-3)13-4-14(22)15(23)6-16(13)27)9-11-7-29-17(5-12(10)11)20(2,32)21(24,25)26/h4,6-7,10,12,32H,5,8-9,27H2,1-3H3. The highest BCUT2D eigenvalue weighted by Crippen LogP contribution is 2.40. The van der Waals surface area contributed by atoms with Gasteiger partial charge in [0, 0.05) is 43.7 Å². The van der Waals surface area contributed by atoms with Crippen LogP contribution in [0.2, 0.25) is 0 Å². The number of halogens is 5. The summed E-state index contributed by atoms with van der Waals surface area (Å²) in [6.45, 7) is 2.70. The first-order valence-corrected chi connectivity index (χ1v) is 9.84. The Morgan fingerprint density at radius 3 is 2.50 bits per heavy atom. The number of aliphatic hydroxyl groups is 1. The number of nitrogens with two attached hydrogens (primary N) is 1. The van der Waals surface area contributed by atoms with E-state index in [4.69, 9.17) is 5.73 Å². The maximum atomic E-state index is 13.7. The first-order chi connectivity index (χ1) is 14.8. The van der Waals surface area contributed by atoms with Gasteiger partial charge in [0.1, 0.15) is 5.71 Å². The first-order valence-electron chi connectivity index (χ1n) is 9.84. The van der Waals surface area contributed by atoms with Gasteiger partial charge in [-0.2, -0.15) is 13.2 Å². The molecule has 174 valence electrons. The molecule has 2 aliphatic rings. The van der Waals surface area contributed by atoms with E-state index < -0.39 is 29.3 Å². The Morgan fingerprint density at radius 1 is 1.28 bits per heavy atom. The first kappa shape index (κ1) is 23.8. The highest BCUT2D eigenvalue weighted by Gasteiger charge is 2.54. The van der Waals surface area contributed by atoms with Gasteiger partial charge in [0.25, 0.3) is 5.91 Å². The molecule has 0 radical (unpaired) electrons. The maximum absolute atomic E-state index is 13.7. The lowest BCUT2D eigenvalue weighted by molar-refractivity contribution is -0.224. The van der Waals surface area contributed by atoms with Crippen molar-refractivity contribution in [2.75, 3.05) is 25.9 Å². The lowest BCUT2D eigenvalue weighted by atomic mass is 9.76. The van der Waals surface area contributed by atoms with Crippen LogP contribution in [0.3, 0.4) is 0 Å². The number of fused-ring (bicyclic) bond motifs is 1. The number of rotatable bonds is 3. The van der Waals surface area contributed by atoms with Crippen LogP contribution in [0.25, 0.3) is 0 Å². The average molecular weight is 458 g/mol. The minimum atomic E-state index is -4.87. The van der Waals surface area contributed by atoms with E-state index in [-0.39, 0.29) is 54.0 Å². The quantitative estimate of drug-likeness (QED) is 0.414. The maximum Gasteiger partial charge on any atom is 0.422 e. The third-order valence-electron chi connectivity index (χ3n) is 6.02. The van der Waals surface area contributed by atoms with Gasteiger partial charge in [-0.3, -0.25) is 14.8 Å². The molecule has 0 aromatic heterocycles. The number of benzene rings is 1. The molecule has 3 atom stereocenters. The largest absolute Gasteiger partial charge is 0.422 e. The Bertz CT molecular complexity index is 1030. The summed E-state index contributed by atoms with van der Waals surface area (Å²) in [5, 5.41) is 9.96. The van der Waals surface area contributed by atoms with Gasteiger partial charge >= 0.3 is 6.18 Å². The van der Waals surface area contributed by atoms with Crippen molar-refractivity contribution in [1.29, 1.82) is 0 Å². The number of likely N-dealkylation sites (tertiary alicyclic amines) is 1. The zero-order valence-corrected chi connectivity index (χ0v) is 17.7. The summed E-state index contributed by atoms with van der Waals surface area (Å²) in [5.41, 5.74) is 2.60. The number of carbonyl (C=O) groups excluding carboxylic acids is 1. The normalized spacial score (nSPS) is 23.8. The fourth-order valence-corrected chi connectivity index (χ4v) is 4.02. The second-order valence-corrected chi connectivity index (χ2v) is 8.25. The zero-order valence-electron chi connectivity index (χ0n) is 17.7. The molecule has 2 aliphatic heterocycles. The molecule has 3 unspecified atom stereocenters. The second-order valence-electron chi connectivity index (χ2n) is 8.25. The fourth-order valence-electron chi connectivity index (χ4n) is 4.02. The number of piperidine rings is 1. The molecule has 0 saturated carbocycles. The Hall–Kier alpha value is -2.82. The van der Waals surface area contributed by atoms with E-state index in [1.165, 1.54) is 18.1 Å². The minimum Gasteiger partial charge on any atom is -0.398 e. The van der Waals surface area contributed by atoms with Gasteiger partial charge in [0.2, 0.25) is 0 Å². The molecule has 1 aromatic carbocycles. The molecule has 11 heteroatoms. The Labute approximate surface area is 181 Å². The highest BCUT2D eigenvalue weighted by atomic mass is 19.4. The second kappa shape index (κ2) is 8.27. The topological polar surface area (TPSA) is 91.3 Å². The molecule has 0 bridgehead atoms. The van der Waals surface area contributed by atoms with Crippen LogP contribution >= 0.6 is 0 Å². The van der Waals surface area contributed by atoms with E-state index in [2.05, 4.69) is 9.98 Å². The molecule has 2 heterocycles. The number of hydrogen-bond donors (Lipinski definition) is 2. The van der Waals surface area contributed by atoms with Crippen LogP contribution in [-0.4, -0.2) is 59.3 Å². The molecule has 6 nitrogen and oxygen atoms in total. The van der Waals surface area contributed by atoms with Gasteiger partial charge in [-0.15, -0.1) is 0 Å². The fraction of sp³-hybridized carbons (Fsp3) is 0.476. The Balaban J connectivity index is 1.88. The number of alkyl halides is 3. The summed E-state index contributed by atoms with van der Waals surface area (Å²) < 4.78 is 66.7. The van der Waals surface area contributed by atoms with Crippen LogP contribution in [0.4, 0.5) is 27.6 Å². The Morgan fingerprint density at radius 2 is 1.91 bits per heavy atom. The molecule has 1 aromatic rings. The summed E-state index contributed by atoms with van der Waals surface area (Å²) in [6.07, 6.45) is -3.70. The number of nitrogens with zero attached hydrogens (tertiary/aromatic N) is 3. The van der Waals surface area contributed by atoms with Crippen molar-refractivity contribution < 1.29 is 31.9 Å². The summed E-state index contributed by atoms with van der Waals surface area (Å²) in [4.78, 5) is 22.3. The molecule has 1 fully saturated rings. The van der Waals surface area contributed by atoms with Crippen molar-refractivity contribution in [3.05, 3.63) is 41.1 Å². The summed E-state index contributed by atoms with van der Waals surface area (Å²) in [6, 6.07) is 1.57. The van der Waals surface area contributed by atoms with Gasteiger partial charge in [-0.05, 0) is 36.8 Å². The van der Waals surface area contributed by atoms with E-state index in [1.54, 1.807) is 6.92 Å². The predicted molar refractivity (Wildman–Crippen MR) is 109 cm³/mol. The monoisotopic (exact) mass is 458 g/mol. The predicted octanol–water partition coefficient (Wildman–Crippen LogP) is 3.10. The molecule has 3 N–H and O–H groups in total. The van der Waals surface area contributed by atoms with Crippen molar-refractivity contribution in [3.8, 4) is 0 Å². The molecule has 0 aliphatic carbocycles. The highest BCUT2D eigenvalue weighted by molar-refractivity contribution is 6.46. The smallest absolute Gasteiger partial charge is 0.398 e. The van der Waals surface area contributed by atoms with E-state index in [1.807, 2.05) is 0 Å². The number of carbonyl (C=O) groups is 1. The van der Waals surface area contributed by atoms with Crippen LogP contribution in [0.1, 0.15) is 25.8 Å². The van der Waals surface area contributed by atoms with Crippen LogP contribution in [0.15, 0.2) is 33.9 Å². The molecule has 0 spiro atoms. The van der Waals surface area contributed by atoms with Crippen LogP contribution in [-0.2, 0) is 4.79 Å². The van der Waals surface area contributed by atoms with Gasteiger partial charge in [-0.1, -0.05) is 6.92 Å². The van der Waals surface area contributed by atoms with Gasteiger partial charge in [0.15, 0.2) is 17.2 Å². The molecule has 1 amide bonds. The van der Waals surface area contributed by atoms with Crippen LogP contribution in [0, 0.1) is 23.5 Å². The summed E-state index contributed by atoms with van der Waals surface area (Å²) in [5.74, 6) is -3.50. The minimum absolute atomic E-state index is 0.0506. The van der Waals surface area contributed by atoms with E-state index in [9.17, 15) is 31.9 Å². The molecular formula is C21H23F5N4O2. The molecule has 3 rings (SSSR count). The van der Waals surface area contributed by atoms with E-state index in [0.29, 0.717) is 12.5 Å². The van der Waals surface area contributed by atoms with Crippen molar-refractivity contribution in [1.82, 2.24) is 4.90 Å². The van der Waals surface area contributed by atoms with Crippen molar-refractivity contribution in [2.24, 2.45) is 21.8 Å². The molecular weight excluding hydrogens is 435 g/mol. The number of amides is 1. The van der Waals surface area contributed by atoms with E-state index in [0.717, 1.165) is 12.1 Å². The third kappa shape index (κ3) is 4.13. The number of anilines is 1. The van der Waals surface area contributed by atoms with Crippen molar-refractivity contribution >= 4 is 23.0 Å². The van der Waals surface area contributed by atoms with Crippen LogP contribution < -0.4 is 5.73 Å². The summed E-state index contributed by atoms with van der Waals surface area (Å²) >= 11 is 0. The van der Waals surface area contributed by atoms with Gasteiger partial charge < -0.3 is 15.7 Å². The van der Waals surface area contributed by atoms with Crippen molar-refractivity contribution in [3.63, 3.8) is 0 Å². The Kier molecular flexibility index (Phi) is 6.16. The van der Waals surface area contributed by atoms with Gasteiger partial charge in [0.05, 0.1) is 5.71 Å². The lowest BCUT2D eigenvalue weighted by Gasteiger charge is -2.42. The zero-order chi connectivity index (χ0) is 24.0. The SMILES string of the molecule is CN=C(C(=O)N1CC2=CN=C(C(C)(O)C(F)(F)F)CC2C(C)C1)c1cc(F)c(F)cc1N. The number of nitrogen functional groups attached to an aromatic ring is 1. The lowest BCUT2D eigenvalue weighted by Crippen LogP contribution is -2.53. The molecule has 1 saturated heterocycles. The van der Waals surface area contributed by atoms with Crippen molar-refractivity contribution in [2.45, 2.75) is 32.0 Å². The third-order valence-corrected chi connectivity index (χ3v) is 6.02. The number of hydrogen-bond acceptors (Lipinski definition) is 5. The van der Waals surface area contributed by atoms with E-state index >= 15 is 0 Å².